The first-order chi connectivity index (χ1) is 8.70. The predicted octanol–water partition coefficient (Wildman–Crippen LogP) is 0.668. The zero-order valence-corrected chi connectivity index (χ0v) is 12.4. The molecular formula is C12H22N4O2S. The lowest BCUT2D eigenvalue weighted by molar-refractivity contribution is 0.390. The molecule has 0 saturated carbocycles. The maximum atomic E-state index is 11.3. The topological polar surface area (TPSA) is 101 Å². The maximum Gasteiger partial charge on any atom is 0.238 e. The van der Waals surface area contributed by atoms with E-state index in [0.717, 1.165) is 13.0 Å². The summed E-state index contributed by atoms with van der Waals surface area (Å²) in [6, 6.07) is 4.60. The van der Waals surface area contributed by atoms with Crippen LogP contribution < -0.4 is 16.2 Å². The van der Waals surface area contributed by atoms with Crippen LogP contribution in [0.4, 0.5) is 11.4 Å². The van der Waals surface area contributed by atoms with Crippen molar-refractivity contribution < 1.29 is 8.42 Å². The van der Waals surface area contributed by atoms with Gasteiger partial charge in [-0.25, -0.2) is 13.6 Å². The number of hydrogen-bond donors (Lipinski definition) is 3. The Morgan fingerprint density at radius 2 is 2.00 bits per heavy atom. The third-order valence-corrected chi connectivity index (χ3v) is 3.68. The zero-order valence-electron chi connectivity index (χ0n) is 11.6. The van der Waals surface area contributed by atoms with E-state index >= 15 is 0 Å². The average molecular weight is 286 g/mol. The average Bonchev–Trinajstić information content (AvgIpc) is 2.28. The Bertz CT molecular complexity index is 529. The number of nitrogen functional groups attached to an aromatic ring is 1. The second-order valence-corrected chi connectivity index (χ2v) is 6.49. The van der Waals surface area contributed by atoms with E-state index in [9.17, 15) is 8.42 Å². The molecule has 19 heavy (non-hydrogen) atoms. The summed E-state index contributed by atoms with van der Waals surface area (Å²) in [6.07, 6.45) is 0.923. The highest BCUT2D eigenvalue weighted by Crippen LogP contribution is 2.23. The van der Waals surface area contributed by atoms with Crippen LogP contribution in [-0.2, 0) is 10.0 Å². The summed E-state index contributed by atoms with van der Waals surface area (Å²) in [5.41, 5.74) is 6.93. The van der Waals surface area contributed by atoms with Crippen molar-refractivity contribution in [3.63, 3.8) is 0 Å². The van der Waals surface area contributed by atoms with Crippen molar-refractivity contribution in [3.8, 4) is 0 Å². The molecule has 0 aliphatic heterocycles. The van der Waals surface area contributed by atoms with Gasteiger partial charge in [0.1, 0.15) is 0 Å². The molecule has 6 nitrogen and oxygen atoms in total. The van der Waals surface area contributed by atoms with Gasteiger partial charge in [0, 0.05) is 6.04 Å². The highest BCUT2D eigenvalue weighted by Gasteiger charge is 2.12. The van der Waals surface area contributed by atoms with E-state index < -0.39 is 10.0 Å². The molecule has 0 aliphatic carbocycles. The van der Waals surface area contributed by atoms with Crippen molar-refractivity contribution >= 4 is 21.4 Å². The number of rotatable bonds is 6. The smallest absolute Gasteiger partial charge is 0.238 e. The molecule has 0 bridgehead atoms. The molecule has 108 valence electrons. The number of benzene rings is 1. The Morgan fingerprint density at radius 1 is 1.37 bits per heavy atom. The first-order valence-electron chi connectivity index (χ1n) is 6.03. The molecule has 5 N–H and O–H groups in total. The van der Waals surface area contributed by atoms with Gasteiger partial charge in [-0.15, -0.1) is 0 Å². The van der Waals surface area contributed by atoms with Gasteiger partial charge in [-0.1, -0.05) is 0 Å². The number of nitrogens with zero attached hydrogens (tertiary/aromatic N) is 1. The lowest BCUT2D eigenvalue weighted by Gasteiger charge is -2.19. The molecule has 0 heterocycles. The zero-order chi connectivity index (χ0) is 14.6. The van der Waals surface area contributed by atoms with E-state index in [1.54, 1.807) is 6.07 Å². The van der Waals surface area contributed by atoms with Gasteiger partial charge in [-0.05, 0) is 52.2 Å². The summed E-state index contributed by atoms with van der Waals surface area (Å²) in [5, 5.41) is 8.31. The SMILES string of the molecule is CC(CCN(C)C)Nc1cc(S(N)(=O)=O)ccc1N. The first-order valence-corrected chi connectivity index (χ1v) is 7.58. The maximum absolute atomic E-state index is 11.3. The summed E-state index contributed by atoms with van der Waals surface area (Å²) in [5.74, 6) is 0. The fourth-order valence-electron chi connectivity index (χ4n) is 1.63. The molecule has 0 aliphatic rings. The van der Waals surface area contributed by atoms with Crippen molar-refractivity contribution in [2.45, 2.75) is 24.3 Å². The highest BCUT2D eigenvalue weighted by atomic mass is 32.2. The standard InChI is InChI=1S/C12H22N4O2S/c1-9(6-7-16(2)3)15-12-8-10(19(14,17)18)4-5-11(12)13/h4-5,8-9,15H,6-7,13H2,1-3H3,(H2,14,17,18). The summed E-state index contributed by atoms with van der Waals surface area (Å²) >= 11 is 0. The Hall–Kier alpha value is -1.31. The van der Waals surface area contributed by atoms with Gasteiger partial charge in [0.2, 0.25) is 10.0 Å². The van der Waals surface area contributed by atoms with Gasteiger partial charge in [-0.2, -0.15) is 0 Å². The fourth-order valence-corrected chi connectivity index (χ4v) is 2.17. The third-order valence-electron chi connectivity index (χ3n) is 2.76. The van der Waals surface area contributed by atoms with E-state index in [-0.39, 0.29) is 10.9 Å². The summed E-state index contributed by atoms with van der Waals surface area (Å²) in [6.45, 7) is 2.95. The molecule has 0 fully saturated rings. The van der Waals surface area contributed by atoms with E-state index in [2.05, 4.69) is 10.2 Å². The third kappa shape index (κ3) is 5.06. The van der Waals surface area contributed by atoms with Gasteiger partial charge >= 0.3 is 0 Å². The molecule has 1 aromatic carbocycles. The second kappa shape index (κ2) is 6.23. The molecule has 1 atom stereocenters. The summed E-state index contributed by atoms with van der Waals surface area (Å²) < 4.78 is 22.6. The Morgan fingerprint density at radius 3 is 2.53 bits per heavy atom. The van der Waals surface area contributed by atoms with Crippen LogP contribution in [0.3, 0.4) is 0 Å². The molecule has 1 rings (SSSR count). The molecule has 0 aromatic heterocycles. The van der Waals surface area contributed by atoms with E-state index in [1.165, 1.54) is 12.1 Å². The van der Waals surface area contributed by atoms with Gasteiger partial charge < -0.3 is 16.0 Å². The molecular weight excluding hydrogens is 264 g/mol. The molecule has 7 heteroatoms. The van der Waals surface area contributed by atoms with Crippen molar-refractivity contribution in [1.29, 1.82) is 0 Å². The molecule has 0 amide bonds. The second-order valence-electron chi connectivity index (χ2n) is 4.93. The number of hydrogen-bond acceptors (Lipinski definition) is 5. The van der Waals surface area contributed by atoms with Crippen LogP contribution in [-0.4, -0.2) is 40.0 Å². The molecule has 0 saturated heterocycles. The van der Waals surface area contributed by atoms with Crippen LogP contribution in [0.25, 0.3) is 0 Å². The molecule has 1 unspecified atom stereocenters. The minimum absolute atomic E-state index is 0.0593. The number of anilines is 2. The number of nitrogens with two attached hydrogens (primary N) is 2. The van der Waals surface area contributed by atoms with Crippen molar-refractivity contribution in [2.75, 3.05) is 31.7 Å². The van der Waals surface area contributed by atoms with Gasteiger partial charge in [0.05, 0.1) is 16.3 Å². The Labute approximate surface area is 114 Å². The lowest BCUT2D eigenvalue weighted by Crippen LogP contribution is -2.23. The molecule has 0 spiro atoms. The Balaban J connectivity index is 2.83. The summed E-state index contributed by atoms with van der Waals surface area (Å²) in [4.78, 5) is 2.14. The van der Waals surface area contributed by atoms with Crippen LogP contribution in [0.15, 0.2) is 23.1 Å². The quantitative estimate of drug-likeness (QED) is 0.667. The van der Waals surface area contributed by atoms with Gasteiger partial charge in [0.15, 0.2) is 0 Å². The molecule has 1 aromatic rings. The van der Waals surface area contributed by atoms with Gasteiger partial charge in [0.25, 0.3) is 0 Å². The number of sulfonamides is 1. The van der Waals surface area contributed by atoms with Crippen LogP contribution in [0.5, 0.6) is 0 Å². The monoisotopic (exact) mass is 286 g/mol. The number of primary sulfonamides is 1. The van der Waals surface area contributed by atoms with E-state index in [0.29, 0.717) is 11.4 Å². The first kappa shape index (κ1) is 15.7. The van der Waals surface area contributed by atoms with Crippen LogP contribution in [0.2, 0.25) is 0 Å². The minimum Gasteiger partial charge on any atom is -0.397 e. The minimum atomic E-state index is -3.71. The van der Waals surface area contributed by atoms with E-state index in [4.69, 9.17) is 10.9 Å². The van der Waals surface area contributed by atoms with E-state index in [1.807, 2.05) is 21.0 Å². The normalized spacial score (nSPS) is 13.5. The van der Waals surface area contributed by atoms with Crippen molar-refractivity contribution in [2.24, 2.45) is 5.14 Å². The fraction of sp³-hybridized carbons (Fsp3) is 0.500. The van der Waals surface area contributed by atoms with Crippen LogP contribution in [0, 0.1) is 0 Å². The van der Waals surface area contributed by atoms with Crippen molar-refractivity contribution in [1.82, 2.24) is 4.90 Å². The van der Waals surface area contributed by atoms with Crippen molar-refractivity contribution in [3.05, 3.63) is 18.2 Å². The van der Waals surface area contributed by atoms with Crippen LogP contribution >= 0.6 is 0 Å². The molecule has 0 radical (unpaired) electrons. The highest BCUT2D eigenvalue weighted by molar-refractivity contribution is 7.89. The van der Waals surface area contributed by atoms with Gasteiger partial charge in [-0.3, -0.25) is 0 Å². The Kier molecular flexibility index (Phi) is 5.16. The summed E-state index contributed by atoms with van der Waals surface area (Å²) in [7, 11) is 0.298. The van der Waals surface area contributed by atoms with Crippen LogP contribution in [0.1, 0.15) is 13.3 Å². The largest absolute Gasteiger partial charge is 0.397 e. The lowest BCUT2D eigenvalue weighted by atomic mass is 10.2. The predicted molar refractivity (Wildman–Crippen MR) is 78.5 cm³/mol. The number of nitrogens with one attached hydrogen (secondary N) is 1.